The Morgan fingerprint density at radius 2 is 1.90 bits per heavy atom. The largest absolute Gasteiger partial charge is 0.512 e. The third kappa shape index (κ3) is 5.80. The molecule has 31 heavy (non-hydrogen) atoms. The third-order valence-electron chi connectivity index (χ3n) is 4.26. The van der Waals surface area contributed by atoms with Crippen molar-refractivity contribution in [3.05, 3.63) is 74.8 Å². The molecule has 0 fully saturated rings. The second-order valence-electron chi connectivity index (χ2n) is 6.67. The Kier molecular flexibility index (Phi) is 7.59. The van der Waals surface area contributed by atoms with Crippen LogP contribution in [0.3, 0.4) is 0 Å². The molecule has 6 nitrogen and oxygen atoms in total. The first-order valence-corrected chi connectivity index (χ1v) is 11.2. The van der Waals surface area contributed by atoms with Crippen molar-refractivity contribution in [2.24, 2.45) is 5.10 Å². The van der Waals surface area contributed by atoms with E-state index in [0.29, 0.717) is 15.7 Å². The monoisotopic (exact) mass is 499 g/mol. The number of aliphatic hydroxyl groups excluding tert-OH is 1. The number of allylic oxidation sites excluding steroid dienone is 1. The average Bonchev–Trinajstić information content (AvgIpc) is 3.13. The summed E-state index contributed by atoms with van der Waals surface area (Å²) in [5.41, 5.74) is 6.49. The molecule has 1 aromatic heterocycles. The van der Waals surface area contributed by atoms with Crippen LogP contribution in [0.4, 0.5) is 5.13 Å². The fourth-order valence-electron chi connectivity index (χ4n) is 2.76. The lowest BCUT2D eigenvalue weighted by molar-refractivity contribution is -0.136. The highest BCUT2D eigenvalue weighted by atomic mass is 79.9. The molecule has 0 aliphatic carbocycles. The van der Waals surface area contributed by atoms with Gasteiger partial charge in [0, 0.05) is 10.0 Å². The maximum atomic E-state index is 12.5. The van der Waals surface area contributed by atoms with Gasteiger partial charge in [-0.3, -0.25) is 5.43 Å². The number of hydrogen-bond acceptors (Lipinski definition) is 7. The topological polar surface area (TPSA) is 83.8 Å². The molecular weight excluding hydrogens is 478 g/mol. The van der Waals surface area contributed by atoms with Gasteiger partial charge in [0.05, 0.1) is 23.4 Å². The molecule has 0 saturated heterocycles. The van der Waals surface area contributed by atoms with Crippen LogP contribution in [0.2, 0.25) is 0 Å². The molecular formula is C23H22BrN3O3S. The third-order valence-corrected chi connectivity index (χ3v) is 5.77. The number of nitrogens with zero attached hydrogens (tertiary/aromatic N) is 2. The van der Waals surface area contributed by atoms with Crippen molar-refractivity contribution in [1.29, 1.82) is 0 Å². The molecule has 0 spiro atoms. The van der Waals surface area contributed by atoms with Gasteiger partial charge in [0.15, 0.2) is 0 Å². The first kappa shape index (κ1) is 22.7. The number of hydrazone groups is 1. The number of carbonyl (C=O) groups is 1. The number of benzene rings is 2. The number of aryl methyl sites for hydroxylation is 1. The Balaban J connectivity index is 1.99. The van der Waals surface area contributed by atoms with Crippen LogP contribution in [0.1, 0.15) is 29.9 Å². The molecule has 8 heteroatoms. The van der Waals surface area contributed by atoms with Gasteiger partial charge in [-0.1, -0.05) is 69.2 Å². The average molecular weight is 500 g/mol. The zero-order chi connectivity index (χ0) is 22.4. The lowest BCUT2D eigenvalue weighted by Gasteiger charge is -2.08. The highest BCUT2D eigenvalue weighted by Gasteiger charge is 2.25. The summed E-state index contributed by atoms with van der Waals surface area (Å²) in [6.07, 6.45) is 1.69. The summed E-state index contributed by atoms with van der Waals surface area (Å²) < 4.78 is 6.08. The van der Waals surface area contributed by atoms with Gasteiger partial charge in [-0.05, 0) is 38.5 Å². The fraction of sp³-hybridized carbons (Fsp3) is 0.174. The number of carbonyl (C=O) groups excluding carboxylic acids is 1. The van der Waals surface area contributed by atoms with Crippen LogP contribution in [0, 0.1) is 6.92 Å². The minimum Gasteiger partial charge on any atom is -0.512 e. The second kappa shape index (κ2) is 10.4. The maximum Gasteiger partial charge on any atom is 0.343 e. The predicted molar refractivity (Wildman–Crippen MR) is 130 cm³/mol. The van der Waals surface area contributed by atoms with Crippen molar-refractivity contribution in [1.82, 2.24) is 4.98 Å². The lowest BCUT2D eigenvalue weighted by Crippen LogP contribution is -2.08. The van der Waals surface area contributed by atoms with Gasteiger partial charge in [0.2, 0.25) is 5.13 Å². The van der Waals surface area contributed by atoms with E-state index in [-0.39, 0.29) is 17.9 Å². The SMILES string of the molecule is CCOC(=O)C(=C(C)O)c1sc(NN=Cc2ccc(C)cc2)nc1-c1ccc(Br)cc1. The molecule has 160 valence electrons. The number of hydrogen-bond donors (Lipinski definition) is 2. The molecule has 0 aliphatic rings. The minimum absolute atomic E-state index is 0.0906. The molecule has 3 aromatic rings. The zero-order valence-electron chi connectivity index (χ0n) is 17.3. The molecule has 2 aromatic carbocycles. The van der Waals surface area contributed by atoms with E-state index in [1.165, 1.54) is 23.8 Å². The van der Waals surface area contributed by atoms with E-state index in [2.05, 4.69) is 31.4 Å². The number of aromatic nitrogens is 1. The van der Waals surface area contributed by atoms with E-state index in [9.17, 15) is 9.90 Å². The summed E-state index contributed by atoms with van der Waals surface area (Å²) in [5, 5.41) is 15.0. The van der Waals surface area contributed by atoms with Crippen LogP contribution in [-0.4, -0.2) is 28.9 Å². The number of aliphatic hydroxyl groups is 1. The van der Waals surface area contributed by atoms with Crippen molar-refractivity contribution in [3.8, 4) is 11.3 Å². The van der Waals surface area contributed by atoms with Crippen molar-refractivity contribution in [2.75, 3.05) is 12.0 Å². The Hall–Kier alpha value is -2.97. The number of anilines is 1. The van der Waals surface area contributed by atoms with E-state index in [0.717, 1.165) is 15.6 Å². The van der Waals surface area contributed by atoms with Crippen LogP contribution in [0.25, 0.3) is 16.8 Å². The number of esters is 1. The van der Waals surface area contributed by atoms with Gasteiger partial charge in [0.1, 0.15) is 11.3 Å². The molecule has 0 unspecified atom stereocenters. The molecule has 0 aliphatic heterocycles. The van der Waals surface area contributed by atoms with Crippen LogP contribution in [0.15, 0.2) is 63.9 Å². The second-order valence-corrected chi connectivity index (χ2v) is 8.58. The van der Waals surface area contributed by atoms with Crippen LogP contribution < -0.4 is 5.43 Å². The number of thiazole rings is 1. The molecule has 0 amide bonds. The Labute approximate surface area is 193 Å². The van der Waals surface area contributed by atoms with Gasteiger partial charge in [-0.25, -0.2) is 9.78 Å². The van der Waals surface area contributed by atoms with E-state index >= 15 is 0 Å². The van der Waals surface area contributed by atoms with Gasteiger partial charge in [0.25, 0.3) is 0 Å². The number of rotatable bonds is 7. The highest BCUT2D eigenvalue weighted by Crippen LogP contribution is 2.38. The van der Waals surface area contributed by atoms with Crippen molar-refractivity contribution < 1.29 is 14.6 Å². The lowest BCUT2D eigenvalue weighted by atomic mass is 10.1. The maximum absolute atomic E-state index is 12.5. The van der Waals surface area contributed by atoms with Gasteiger partial charge < -0.3 is 9.84 Å². The van der Waals surface area contributed by atoms with Gasteiger partial charge >= 0.3 is 5.97 Å². The van der Waals surface area contributed by atoms with E-state index < -0.39 is 5.97 Å². The van der Waals surface area contributed by atoms with Crippen molar-refractivity contribution >= 4 is 50.2 Å². The normalized spacial score (nSPS) is 12.0. The van der Waals surface area contributed by atoms with E-state index in [1.54, 1.807) is 13.1 Å². The predicted octanol–water partition coefficient (Wildman–Crippen LogP) is 6.18. The molecule has 1 heterocycles. The molecule has 0 bridgehead atoms. The minimum atomic E-state index is -0.598. The summed E-state index contributed by atoms with van der Waals surface area (Å²) in [4.78, 5) is 17.7. The summed E-state index contributed by atoms with van der Waals surface area (Å²) in [6, 6.07) is 15.5. The zero-order valence-corrected chi connectivity index (χ0v) is 19.8. The van der Waals surface area contributed by atoms with E-state index in [4.69, 9.17) is 4.74 Å². The van der Waals surface area contributed by atoms with Crippen molar-refractivity contribution in [3.63, 3.8) is 0 Å². The molecule has 2 N–H and O–H groups in total. The Morgan fingerprint density at radius 3 is 2.52 bits per heavy atom. The Bertz CT molecular complexity index is 1120. The fourth-order valence-corrected chi connectivity index (χ4v) is 4.05. The van der Waals surface area contributed by atoms with Crippen LogP contribution in [0.5, 0.6) is 0 Å². The molecule has 0 radical (unpaired) electrons. The summed E-state index contributed by atoms with van der Waals surface area (Å²) >= 11 is 4.65. The first-order chi connectivity index (χ1) is 14.9. The standard InChI is InChI=1S/C23H22BrN3O3S/c1-4-30-22(29)19(15(3)28)21-20(17-9-11-18(24)12-10-17)26-23(31-21)27-25-13-16-7-5-14(2)6-8-16/h5-13,28H,4H2,1-3H3,(H,26,27). The Morgan fingerprint density at radius 1 is 1.23 bits per heavy atom. The van der Waals surface area contributed by atoms with Gasteiger partial charge in [-0.2, -0.15) is 5.10 Å². The summed E-state index contributed by atoms with van der Waals surface area (Å²) in [6.45, 7) is 5.41. The summed E-state index contributed by atoms with van der Waals surface area (Å²) in [7, 11) is 0. The molecule has 3 rings (SSSR count). The molecule has 0 atom stereocenters. The van der Waals surface area contributed by atoms with Crippen molar-refractivity contribution in [2.45, 2.75) is 20.8 Å². The first-order valence-electron chi connectivity index (χ1n) is 9.59. The van der Waals surface area contributed by atoms with Gasteiger partial charge in [-0.15, -0.1) is 0 Å². The summed E-state index contributed by atoms with van der Waals surface area (Å²) in [5.74, 6) is -0.727. The highest BCUT2D eigenvalue weighted by molar-refractivity contribution is 9.10. The van der Waals surface area contributed by atoms with Crippen LogP contribution in [-0.2, 0) is 9.53 Å². The van der Waals surface area contributed by atoms with Crippen LogP contribution >= 0.6 is 27.3 Å². The molecule has 0 saturated carbocycles. The number of ether oxygens (including phenoxy) is 1. The smallest absolute Gasteiger partial charge is 0.343 e. The number of nitrogens with one attached hydrogen (secondary N) is 1. The van der Waals surface area contributed by atoms with E-state index in [1.807, 2.05) is 55.5 Å². The quantitative estimate of drug-likeness (QED) is 0.133. The number of halogens is 1.